The summed E-state index contributed by atoms with van der Waals surface area (Å²) >= 11 is 1.69. The average molecular weight is 407 g/mol. The first-order valence-corrected chi connectivity index (χ1v) is 10.9. The summed E-state index contributed by atoms with van der Waals surface area (Å²) in [6.07, 6.45) is 2.83. The molecule has 5 nitrogen and oxygen atoms in total. The van der Waals surface area contributed by atoms with Gasteiger partial charge in [-0.15, -0.1) is 11.3 Å². The first-order chi connectivity index (χ1) is 14.2. The Balaban J connectivity index is 1.41. The molecule has 0 radical (unpaired) electrons. The molecular formula is C23H26N4OS. The zero-order chi connectivity index (χ0) is 20.1. The van der Waals surface area contributed by atoms with Gasteiger partial charge in [0.2, 0.25) is 0 Å². The molecule has 3 aromatic rings. The minimum atomic E-state index is -0.0451. The molecule has 0 bridgehead atoms. The molecule has 150 valence electrons. The van der Waals surface area contributed by atoms with Crippen LogP contribution >= 0.6 is 11.3 Å². The number of aryl methyl sites for hydroxylation is 1. The predicted octanol–water partition coefficient (Wildman–Crippen LogP) is 4.28. The van der Waals surface area contributed by atoms with Gasteiger partial charge in [-0.25, -0.2) is 4.98 Å². The van der Waals surface area contributed by atoms with Crippen molar-refractivity contribution in [2.45, 2.75) is 19.9 Å². The number of rotatable bonds is 6. The maximum absolute atomic E-state index is 12.6. The number of carbonyl (C=O) groups excluding carboxylic acids is 1. The molecule has 1 aliphatic rings. The van der Waals surface area contributed by atoms with Crippen LogP contribution in [0.5, 0.6) is 0 Å². The van der Waals surface area contributed by atoms with Crippen LogP contribution in [0.1, 0.15) is 27.7 Å². The topological polar surface area (TPSA) is 48.5 Å². The van der Waals surface area contributed by atoms with Gasteiger partial charge < -0.3 is 10.2 Å². The number of anilines is 2. The Bertz CT molecular complexity index is 934. The van der Waals surface area contributed by atoms with E-state index in [9.17, 15) is 4.79 Å². The number of hydrogen-bond acceptors (Lipinski definition) is 5. The van der Waals surface area contributed by atoms with E-state index in [2.05, 4.69) is 39.2 Å². The second-order valence-corrected chi connectivity index (χ2v) is 8.33. The molecule has 0 spiro atoms. The SMILES string of the molecule is CCc1cc(CN2CCN(c3ccccn3)CC2)c(NC(=O)c2ccccc2)s1. The number of thiophene rings is 1. The summed E-state index contributed by atoms with van der Waals surface area (Å²) < 4.78 is 0. The van der Waals surface area contributed by atoms with E-state index in [0.717, 1.165) is 50.0 Å². The molecule has 0 aliphatic carbocycles. The third kappa shape index (κ3) is 4.83. The number of carbonyl (C=O) groups is 1. The Morgan fingerprint density at radius 2 is 1.83 bits per heavy atom. The second-order valence-electron chi connectivity index (χ2n) is 7.19. The van der Waals surface area contributed by atoms with Gasteiger partial charge in [0.25, 0.3) is 5.91 Å². The molecule has 2 aromatic heterocycles. The van der Waals surface area contributed by atoms with Gasteiger partial charge in [-0.05, 0) is 36.8 Å². The van der Waals surface area contributed by atoms with Crippen molar-refractivity contribution in [2.75, 3.05) is 36.4 Å². The fourth-order valence-electron chi connectivity index (χ4n) is 3.57. The fourth-order valence-corrected chi connectivity index (χ4v) is 4.57. The molecular weight excluding hydrogens is 380 g/mol. The largest absolute Gasteiger partial charge is 0.354 e. The molecule has 0 atom stereocenters. The summed E-state index contributed by atoms with van der Waals surface area (Å²) in [5, 5.41) is 4.11. The van der Waals surface area contributed by atoms with Gasteiger partial charge in [0.05, 0.1) is 5.00 Å². The van der Waals surface area contributed by atoms with Crippen LogP contribution in [-0.4, -0.2) is 42.0 Å². The summed E-state index contributed by atoms with van der Waals surface area (Å²) in [4.78, 5) is 23.2. The molecule has 29 heavy (non-hydrogen) atoms. The molecule has 0 saturated carbocycles. The highest BCUT2D eigenvalue weighted by Crippen LogP contribution is 2.30. The van der Waals surface area contributed by atoms with E-state index in [1.165, 1.54) is 10.4 Å². The Hall–Kier alpha value is -2.70. The minimum absolute atomic E-state index is 0.0451. The second kappa shape index (κ2) is 9.20. The number of pyridine rings is 1. The molecule has 4 rings (SSSR count). The molecule has 0 unspecified atom stereocenters. The molecule has 1 amide bonds. The van der Waals surface area contributed by atoms with Gasteiger partial charge in [-0.3, -0.25) is 9.69 Å². The maximum atomic E-state index is 12.6. The van der Waals surface area contributed by atoms with E-state index in [1.807, 2.05) is 48.7 Å². The van der Waals surface area contributed by atoms with E-state index in [-0.39, 0.29) is 5.91 Å². The number of nitrogens with zero attached hydrogens (tertiary/aromatic N) is 3. The maximum Gasteiger partial charge on any atom is 0.256 e. The summed E-state index contributed by atoms with van der Waals surface area (Å²) in [6, 6.07) is 17.7. The number of aromatic nitrogens is 1. The monoisotopic (exact) mass is 406 g/mol. The van der Waals surface area contributed by atoms with Crippen molar-refractivity contribution in [3.8, 4) is 0 Å². The first kappa shape index (κ1) is 19.6. The van der Waals surface area contributed by atoms with E-state index < -0.39 is 0 Å². The lowest BCUT2D eigenvalue weighted by atomic mass is 10.2. The highest BCUT2D eigenvalue weighted by Gasteiger charge is 2.20. The van der Waals surface area contributed by atoms with E-state index in [4.69, 9.17) is 0 Å². The molecule has 1 saturated heterocycles. The molecule has 1 N–H and O–H groups in total. The van der Waals surface area contributed by atoms with Crippen LogP contribution in [0.3, 0.4) is 0 Å². The normalized spacial score (nSPS) is 14.7. The fraction of sp³-hybridized carbons (Fsp3) is 0.304. The van der Waals surface area contributed by atoms with Crippen LogP contribution in [0.25, 0.3) is 0 Å². The number of piperazine rings is 1. The number of hydrogen-bond donors (Lipinski definition) is 1. The van der Waals surface area contributed by atoms with Crippen molar-refractivity contribution in [3.63, 3.8) is 0 Å². The zero-order valence-electron chi connectivity index (χ0n) is 16.7. The average Bonchev–Trinajstić information content (AvgIpc) is 3.17. The van der Waals surface area contributed by atoms with Crippen LogP contribution in [-0.2, 0) is 13.0 Å². The van der Waals surface area contributed by atoms with Gasteiger partial charge in [-0.1, -0.05) is 31.2 Å². The van der Waals surface area contributed by atoms with Crippen molar-refractivity contribution in [2.24, 2.45) is 0 Å². The van der Waals surface area contributed by atoms with E-state index in [0.29, 0.717) is 5.56 Å². The third-order valence-corrected chi connectivity index (χ3v) is 6.45. The Morgan fingerprint density at radius 1 is 1.07 bits per heavy atom. The van der Waals surface area contributed by atoms with Crippen molar-refractivity contribution < 1.29 is 4.79 Å². The van der Waals surface area contributed by atoms with Crippen molar-refractivity contribution in [1.29, 1.82) is 0 Å². The van der Waals surface area contributed by atoms with Crippen LogP contribution in [0, 0.1) is 0 Å². The standard InChI is InChI=1S/C23H26N4OS/c1-2-20-16-19(23(29-20)25-22(28)18-8-4-3-5-9-18)17-26-12-14-27(15-13-26)21-10-6-7-11-24-21/h3-11,16H,2,12-15,17H2,1H3,(H,25,28). The molecule has 1 fully saturated rings. The molecule has 1 aliphatic heterocycles. The Labute approximate surface area is 176 Å². The van der Waals surface area contributed by atoms with Crippen molar-refractivity contribution >= 4 is 28.1 Å². The van der Waals surface area contributed by atoms with Gasteiger partial charge >= 0.3 is 0 Å². The van der Waals surface area contributed by atoms with Crippen LogP contribution in [0.4, 0.5) is 10.8 Å². The van der Waals surface area contributed by atoms with Gasteiger partial charge in [0, 0.05) is 54.9 Å². The smallest absolute Gasteiger partial charge is 0.256 e. The molecule has 3 heterocycles. The number of amides is 1. The quantitative estimate of drug-likeness (QED) is 0.664. The third-order valence-electron chi connectivity index (χ3n) is 5.21. The molecule has 1 aromatic carbocycles. The van der Waals surface area contributed by atoms with Crippen LogP contribution in [0.2, 0.25) is 0 Å². The van der Waals surface area contributed by atoms with Gasteiger partial charge in [0.15, 0.2) is 0 Å². The van der Waals surface area contributed by atoms with Gasteiger partial charge in [0.1, 0.15) is 5.82 Å². The minimum Gasteiger partial charge on any atom is -0.354 e. The lowest BCUT2D eigenvalue weighted by Crippen LogP contribution is -2.46. The Morgan fingerprint density at radius 3 is 2.52 bits per heavy atom. The highest BCUT2D eigenvalue weighted by atomic mass is 32.1. The lowest BCUT2D eigenvalue weighted by molar-refractivity contribution is 0.102. The van der Waals surface area contributed by atoms with Crippen molar-refractivity contribution in [1.82, 2.24) is 9.88 Å². The summed E-state index contributed by atoms with van der Waals surface area (Å²) in [5.41, 5.74) is 1.90. The molecule has 6 heteroatoms. The summed E-state index contributed by atoms with van der Waals surface area (Å²) in [5.74, 6) is 1.00. The van der Waals surface area contributed by atoms with E-state index in [1.54, 1.807) is 11.3 Å². The zero-order valence-corrected chi connectivity index (χ0v) is 17.5. The number of benzene rings is 1. The lowest BCUT2D eigenvalue weighted by Gasteiger charge is -2.35. The highest BCUT2D eigenvalue weighted by molar-refractivity contribution is 7.16. The van der Waals surface area contributed by atoms with Crippen molar-refractivity contribution in [3.05, 3.63) is 76.8 Å². The van der Waals surface area contributed by atoms with Crippen LogP contribution < -0.4 is 10.2 Å². The first-order valence-electron chi connectivity index (χ1n) is 10.1. The predicted molar refractivity (Wildman–Crippen MR) is 120 cm³/mol. The summed E-state index contributed by atoms with van der Waals surface area (Å²) in [6.45, 7) is 6.92. The van der Waals surface area contributed by atoms with Gasteiger partial charge in [-0.2, -0.15) is 0 Å². The van der Waals surface area contributed by atoms with E-state index >= 15 is 0 Å². The van der Waals surface area contributed by atoms with Crippen LogP contribution in [0.15, 0.2) is 60.8 Å². The number of nitrogens with one attached hydrogen (secondary N) is 1. The summed E-state index contributed by atoms with van der Waals surface area (Å²) in [7, 11) is 0. The Kier molecular flexibility index (Phi) is 6.22.